The molecule has 0 saturated carbocycles. The van der Waals surface area contributed by atoms with Gasteiger partial charge in [0, 0.05) is 38.6 Å². The largest absolute Gasteiger partial charge is 0.355 e. The molecular formula is C20H27N5O3S. The van der Waals surface area contributed by atoms with Gasteiger partial charge in [0.05, 0.1) is 17.0 Å². The molecule has 29 heavy (non-hydrogen) atoms. The molecule has 2 aromatic rings. The molecule has 3 rings (SSSR count). The van der Waals surface area contributed by atoms with E-state index in [4.69, 9.17) is 0 Å². The molecule has 0 radical (unpaired) electrons. The summed E-state index contributed by atoms with van der Waals surface area (Å²) in [6.45, 7) is 5.43. The first-order valence-electron chi connectivity index (χ1n) is 9.72. The number of aromatic nitrogens is 2. The third-order valence-corrected chi connectivity index (χ3v) is 6.62. The van der Waals surface area contributed by atoms with E-state index in [1.165, 1.54) is 0 Å². The topological polar surface area (TPSA) is 104 Å². The Morgan fingerprint density at radius 2 is 2.07 bits per heavy atom. The highest BCUT2D eigenvalue weighted by Crippen LogP contribution is 2.21. The predicted molar refractivity (Wildman–Crippen MR) is 111 cm³/mol. The van der Waals surface area contributed by atoms with Crippen LogP contribution in [-0.2, 0) is 14.8 Å². The van der Waals surface area contributed by atoms with Crippen LogP contribution in [0.3, 0.4) is 0 Å². The van der Waals surface area contributed by atoms with Crippen molar-refractivity contribution in [3.05, 3.63) is 47.9 Å². The zero-order valence-electron chi connectivity index (χ0n) is 16.8. The van der Waals surface area contributed by atoms with Gasteiger partial charge in [0.2, 0.25) is 15.9 Å². The van der Waals surface area contributed by atoms with Crippen molar-refractivity contribution < 1.29 is 13.2 Å². The molecule has 1 fully saturated rings. The van der Waals surface area contributed by atoms with Crippen LogP contribution in [0.1, 0.15) is 24.0 Å². The minimum absolute atomic E-state index is 0.0653. The number of rotatable bonds is 7. The van der Waals surface area contributed by atoms with Crippen molar-refractivity contribution in [2.75, 3.05) is 31.1 Å². The van der Waals surface area contributed by atoms with E-state index >= 15 is 0 Å². The fraction of sp³-hybridized carbons (Fsp3) is 0.450. The quantitative estimate of drug-likeness (QED) is 0.660. The van der Waals surface area contributed by atoms with Crippen LogP contribution in [0, 0.1) is 19.8 Å². The Labute approximate surface area is 171 Å². The molecule has 0 unspecified atom stereocenters. The summed E-state index contributed by atoms with van der Waals surface area (Å²) < 4.78 is 27.6. The number of piperidine rings is 1. The summed E-state index contributed by atoms with van der Waals surface area (Å²) in [5.41, 5.74) is 1.58. The molecule has 156 valence electrons. The van der Waals surface area contributed by atoms with E-state index in [1.807, 2.05) is 13.0 Å². The van der Waals surface area contributed by atoms with E-state index in [2.05, 4.69) is 24.9 Å². The van der Waals surface area contributed by atoms with Crippen LogP contribution < -0.4 is 14.9 Å². The second-order valence-corrected chi connectivity index (χ2v) is 9.04. The normalized spacial score (nSPS) is 17.2. The Morgan fingerprint density at radius 3 is 2.83 bits per heavy atom. The Balaban J connectivity index is 1.49. The molecule has 1 amide bonds. The molecule has 1 aliphatic heterocycles. The predicted octanol–water partition coefficient (Wildman–Crippen LogP) is 1.40. The molecule has 1 atom stereocenters. The van der Waals surface area contributed by atoms with E-state index in [0.717, 1.165) is 30.8 Å². The fourth-order valence-electron chi connectivity index (χ4n) is 3.44. The first kappa shape index (κ1) is 21.2. The lowest BCUT2D eigenvalue weighted by Crippen LogP contribution is -2.45. The van der Waals surface area contributed by atoms with E-state index in [-0.39, 0.29) is 29.8 Å². The van der Waals surface area contributed by atoms with Crippen LogP contribution in [-0.4, -0.2) is 50.5 Å². The van der Waals surface area contributed by atoms with Crippen molar-refractivity contribution in [2.45, 2.75) is 31.6 Å². The summed E-state index contributed by atoms with van der Waals surface area (Å²) in [4.78, 5) is 23.2. The Hall–Kier alpha value is -2.52. The van der Waals surface area contributed by atoms with Gasteiger partial charge in [-0.1, -0.05) is 12.1 Å². The van der Waals surface area contributed by atoms with Gasteiger partial charge in [0.1, 0.15) is 5.82 Å². The average molecular weight is 418 g/mol. The van der Waals surface area contributed by atoms with Gasteiger partial charge in [-0.3, -0.25) is 9.78 Å². The number of anilines is 1. The summed E-state index contributed by atoms with van der Waals surface area (Å²) in [7, 11) is -3.61. The molecule has 1 aromatic heterocycles. The maximum Gasteiger partial charge on any atom is 0.240 e. The number of nitrogens with zero attached hydrogens (tertiary/aromatic N) is 3. The highest BCUT2D eigenvalue weighted by molar-refractivity contribution is 7.89. The number of benzene rings is 1. The van der Waals surface area contributed by atoms with Gasteiger partial charge in [-0.25, -0.2) is 18.1 Å². The average Bonchev–Trinajstić information content (AvgIpc) is 2.73. The van der Waals surface area contributed by atoms with Gasteiger partial charge in [0.25, 0.3) is 0 Å². The monoisotopic (exact) mass is 417 g/mol. The molecule has 1 saturated heterocycles. The van der Waals surface area contributed by atoms with Crippen LogP contribution >= 0.6 is 0 Å². The summed E-state index contributed by atoms with van der Waals surface area (Å²) in [5, 5.41) is 2.85. The van der Waals surface area contributed by atoms with Crippen LogP contribution in [0.15, 0.2) is 41.7 Å². The van der Waals surface area contributed by atoms with Gasteiger partial charge >= 0.3 is 0 Å². The molecule has 1 aromatic carbocycles. The summed E-state index contributed by atoms with van der Waals surface area (Å²) in [6.07, 6.45) is 6.66. The number of hydrogen-bond acceptors (Lipinski definition) is 6. The van der Waals surface area contributed by atoms with Gasteiger partial charge in [-0.15, -0.1) is 0 Å². The maximum absolute atomic E-state index is 12.5. The van der Waals surface area contributed by atoms with Crippen molar-refractivity contribution in [3.63, 3.8) is 0 Å². The summed E-state index contributed by atoms with van der Waals surface area (Å²) in [6, 6.07) is 5.32. The van der Waals surface area contributed by atoms with E-state index in [9.17, 15) is 13.2 Å². The third-order valence-electron chi connectivity index (χ3n) is 5.02. The van der Waals surface area contributed by atoms with Crippen LogP contribution in [0.2, 0.25) is 0 Å². The van der Waals surface area contributed by atoms with Gasteiger partial charge < -0.3 is 10.2 Å². The molecule has 8 nitrogen and oxygen atoms in total. The zero-order chi connectivity index (χ0) is 20.9. The van der Waals surface area contributed by atoms with Crippen LogP contribution in [0.4, 0.5) is 5.82 Å². The fourth-order valence-corrected chi connectivity index (χ4v) is 4.80. The van der Waals surface area contributed by atoms with Crippen molar-refractivity contribution in [2.24, 2.45) is 5.92 Å². The third kappa shape index (κ3) is 5.51. The maximum atomic E-state index is 12.5. The second kappa shape index (κ2) is 9.32. The van der Waals surface area contributed by atoms with E-state index in [0.29, 0.717) is 12.1 Å². The molecule has 1 aliphatic rings. The van der Waals surface area contributed by atoms with Crippen molar-refractivity contribution in [1.29, 1.82) is 0 Å². The van der Waals surface area contributed by atoms with Crippen molar-refractivity contribution in [1.82, 2.24) is 20.0 Å². The van der Waals surface area contributed by atoms with Crippen molar-refractivity contribution >= 4 is 21.7 Å². The highest BCUT2D eigenvalue weighted by Gasteiger charge is 2.26. The minimum Gasteiger partial charge on any atom is -0.355 e. The van der Waals surface area contributed by atoms with E-state index < -0.39 is 10.0 Å². The zero-order valence-corrected chi connectivity index (χ0v) is 17.6. The molecule has 0 aliphatic carbocycles. The summed E-state index contributed by atoms with van der Waals surface area (Å²) in [5.74, 6) is 0.553. The smallest absolute Gasteiger partial charge is 0.240 e. The SMILES string of the molecule is Cc1ccc(C)c(S(=O)(=O)NCCNC(=O)[C@H]2CCCN(c3cnccn3)C2)c1. The Bertz CT molecular complexity index is 950. The number of amides is 1. The number of hydrogen-bond donors (Lipinski definition) is 2. The summed E-state index contributed by atoms with van der Waals surface area (Å²) >= 11 is 0. The van der Waals surface area contributed by atoms with Gasteiger partial charge in [0.15, 0.2) is 0 Å². The van der Waals surface area contributed by atoms with E-state index in [1.54, 1.807) is 37.6 Å². The lowest BCUT2D eigenvalue weighted by atomic mass is 9.97. The number of carbonyl (C=O) groups is 1. The first-order valence-corrected chi connectivity index (χ1v) is 11.2. The molecule has 2 heterocycles. The number of carbonyl (C=O) groups excluding carboxylic acids is 1. The van der Waals surface area contributed by atoms with Crippen LogP contribution in [0.25, 0.3) is 0 Å². The molecule has 9 heteroatoms. The van der Waals surface area contributed by atoms with Crippen LogP contribution in [0.5, 0.6) is 0 Å². The number of sulfonamides is 1. The van der Waals surface area contributed by atoms with Gasteiger partial charge in [-0.05, 0) is 43.9 Å². The second-order valence-electron chi connectivity index (χ2n) is 7.31. The Morgan fingerprint density at radius 1 is 1.24 bits per heavy atom. The standard InChI is InChI=1S/C20H27N5O3S/c1-15-5-6-16(2)18(12-15)29(27,28)24-10-9-23-20(26)17-4-3-11-25(14-17)19-13-21-7-8-22-19/h5-8,12-13,17,24H,3-4,9-11,14H2,1-2H3,(H,23,26)/t17-/m0/s1. The van der Waals surface area contributed by atoms with Crippen molar-refractivity contribution in [3.8, 4) is 0 Å². The molecule has 0 spiro atoms. The Kier molecular flexibility index (Phi) is 6.81. The number of aryl methyl sites for hydroxylation is 2. The molecule has 2 N–H and O–H groups in total. The first-order chi connectivity index (χ1) is 13.9. The van der Waals surface area contributed by atoms with Gasteiger partial charge in [-0.2, -0.15) is 0 Å². The molecular weight excluding hydrogens is 390 g/mol. The number of nitrogens with one attached hydrogen (secondary N) is 2. The lowest BCUT2D eigenvalue weighted by molar-refractivity contribution is -0.125. The lowest BCUT2D eigenvalue weighted by Gasteiger charge is -2.32. The minimum atomic E-state index is -3.61. The highest BCUT2D eigenvalue weighted by atomic mass is 32.2. The molecule has 0 bridgehead atoms.